The SMILES string of the molecule is CC(O)CCNC1CCOc2c(Br)cccc21. The van der Waals surface area contributed by atoms with E-state index in [1.807, 2.05) is 19.1 Å². The lowest BCUT2D eigenvalue weighted by molar-refractivity contribution is 0.179. The quantitative estimate of drug-likeness (QED) is 0.898. The average molecular weight is 300 g/mol. The van der Waals surface area contributed by atoms with Crippen molar-refractivity contribution in [1.82, 2.24) is 5.32 Å². The molecule has 0 aliphatic carbocycles. The number of rotatable bonds is 4. The van der Waals surface area contributed by atoms with E-state index in [1.165, 1.54) is 5.56 Å². The lowest BCUT2D eigenvalue weighted by Gasteiger charge is -2.27. The third-order valence-electron chi connectivity index (χ3n) is 2.98. The summed E-state index contributed by atoms with van der Waals surface area (Å²) in [6.07, 6.45) is 1.51. The third-order valence-corrected chi connectivity index (χ3v) is 3.60. The molecular formula is C13H18BrNO2. The van der Waals surface area contributed by atoms with Crippen LogP contribution in [0.2, 0.25) is 0 Å². The van der Waals surface area contributed by atoms with E-state index < -0.39 is 0 Å². The summed E-state index contributed by atoms with van der Waals surface area (Å²) in [5, 5.41) is 12.7. The Balaban J connectivity index is 2.04. The zero-order chi connectivity index (χ0) is 12.3. The standard InChI is InChI=1S/C13H18BrNO2/c1-9(16)5-7-15-12-6-8-17-13-10(12)3-2-4-11(13)14/h2-4,9,12,15-16H,5-8H2,1H3. The van der Waals surface area contributed by atoms with E-state index >= 15 is 0 Å². The molecule has 1 heterocycles. The van der Waals surface area contributed by atoms with Gasteiger partial charge in [0.25, 0.3) is 0 Å². The molecule has 0 amide bonds. The van der Waals surface area contributed by atoms with Crippen LogP contribution in [0.1, 0.15) is 31.4 Å². The lowest BCUT2D eigenvalue weighted by Crippen LogP contribution is -2.29. The minimum absolute atomic E-state index is 0.246. The number of hydrogen-bond donors (Lipinski definition) is 2. The predicted molar refractivity (Wildman–Crippen MR) is 71.3 cm³/mol. The van der Waals surface area contributed by atoms with Crippen LogP contribution >= 0.6 is 15.9 Å². The Morgan fingerprint density at radius 1 is 1.59 bits per heavy atom. The predicted octanol–water partition coefficient (Wildman–Crippen LogP) is 2.63. The number of aliphatic hydroxyl groups excluding tert-OH is 1. The number of ether oxygens (including phenoxy) is 1. The molecule has 0 aromatic heterocycles. The average Bonchev–Trinajstić information content (AvgIpc) is 2.30. The largest absolute Gasteiger partial charge is 0.492 e. The van der Waals surface area contributed by atoms with Crippen LogP contribution in [0.25, 0.3) is 0 Å². The Bertz CT molecular complexity index is 382. The molecule has 4 heteroatoms. The van der Waals surface area contributed by atoms with Crippen LogP contribution in [-0.2, 0) is 0 Å². The first-order chi connectivity index (χ1) is 8.18. The van der Waals surface area contributed by atoms with Gasteiger partial charge in [0.2, 0.25) is 0 Å². The zero-order valence-electron chi connectivity index (χ0n) is 9.95. The Morgan fingerprint density at radius 2 is 2.41 bits per heavy atom. The van der Waals surface area contributed by atoms with Crippen LogP contribution < -0.4 is 10.1 Å². The fraction of sp³-hybridized carbons (Fsp3) is 0.538. The van der Waals surface area contributed by atoms with E-state index in [9.17, 15) is 5.11 Å². The van der Waals surface area contributed by atoms with Crippen molar-refractivity contribution in [2.45, 2.75) is 31.9 Å². The number of benzene rings is 1. The molecule has 3 nitrogen and oxygen atoms in total. The number of fused-ring (bicyclic) bond motifs is 1. The maximum absolute atomic E-state index is 9.25. The van der Waals surface area contributed by atoms with E-state index in [1.54, 1.807) is 0 Å². The molecule has 2 unspecified atom stereocenters. The topological polar surface area (TPSA) is 41.5 Å². The van der Waals surface area contributed by atoms with Crippen LogP contribution in [0.5, 0.6) is 5.75 Å². The van der Waals surface area contributed by atoms with Gasteiger partial charge in [-0.2, -0.15) is 0 Å². The van der Waals surface area contributed by atoms with Gasteiger partial charge in [0.05, 0.1) is 17.2 Å². The number of aliphatic hydroxyl groups is 1. The molecule has 0 bridgehead atoms. The molecule has 1 aliphatic rings. The van der Waals surface area contributed by atoms with Crippen molar-refractivity contribution in [3.63, 3.8) is 0 Å². The fourth-order valence-electron chi connectivity index (χ4n) is 2.07. The van der Waals surface area contributed by atoms with Gasteiger partial charge in [0.15, 0.2) is 0 Å². The molecule has 17 heavy (non-hydrogen) atoms. The van der Waals surface area contributed by atoms with E-state index in [-0.39, 0.29) is 6.10 Å². The lowest BCUT2D eigenvalue weighted by atomic mass is 10.0. The highest BCUT2D eigenvalue weighted by Gasteiger charge is 2.22. The highest BCUT2D eigenvalue weighted by Crippen LogP contribution is 2.37. The fourth-order valence-corrected chi connectivity index (χ4v) is 2.56. The molecule has 1 aromatic rings. The first kappa shape index (κ1) is 12.9. The Morgan fingerprint density at radius 3 is 3.18 bits per heavy atom. The molecule has 2 N–H and O–H groups in total. The van der Waals surface area contributed by atoms with Crippen molar-refractivity contribution in [3.05, 3.63) is 28.2 Å². The second kappa shape index (κ2) is 5.85. The highest BCUT2D eigenvalue weighted by atomic mass is 79.9. The van der Waals surface area contributed by atoms with E-state index in [0.29, 0.717) is 6.04 Å². The van der Waals surface area contributed by atoms with Gasteiger partial charge in [-0.25, -0.2) is 0 Å². The Hall–Kier alpha value is -0.580. The zero-order valence-corrected chi connectivity index (χ0v) is 11.5. The number of halogens is 1. The molecule has 1 aromatic carbocycles. The molecule has 2 atom stereocenters. The third kappa shape index (κ3) is 3.21. The van der Waals surface area contributed by atoms with Crippen molar-refractivity contribution < 1.29 is 9.84 Å². The summed E-state index contributed by atoms with van der Waals surface area (Å²) < 4.78 is 6.69. The monoisotopic (exact) mass is 299 g/mol. The summed E-state index contributed by atoms with van der Waals surface area (Å²) >= 11 is 3.51. The van der Waals surface area contributed by atoms with Crippen LogP contribution in [0.4, 0.5) is 0 Å². The molecule has 2 rings (SSSR count). The van der Waals surface area contributed by atoms with Crippen LogP contribution in [0.3, 0.4) is 0 Å². The number of para-hydroxylation sites is 1. The number of hydrogen-bond acceptors (Lipinski definition) is 3. The smallest absolute Gasteiger partial charge is 0.138 e. The highest BCUT2D eigenvalue weighted by molar-refractivity contribution is 9.10. The molecule has 0 fully saturated rings. The molecule has 0 radical (unpaired) electrons. The molecule has 94 valence electrons. The molecule has 0 spiro atoms. The summed E-state index contributed by atoms with van der Waals surface area (Å²) in [4.78, 5) is 0. The first-order valence-electron chi connectivity index (χ1n) is 6.01. The normalized spacial score (nSPS) is 20.5. The van der Waals surface area contributed by atoms with Gasteiger partial charge in [-0.05, 0) is 41.9 Å². The van der Waals surface area contributed by atoms with Crippen LogP contribution in [0, 0.1) is 0 Å². The maximum Gasteiger partial charge on any atom is 0.138 e. The van der Waals surface area contributed by atoms with Gasteiger partial charge in [0, 0.05) is 18.0 Å². The van der Waals surface area contributed by atoms with Gasteiger partial charge in [-0.3, -0.25) is 0 Å². The van der Waals surface area contributed by atoms with E-state index in [0.717, 1.165) is 36.2 Å². The van der Waals surface area contributed by atoms with Crippen LogP contribution in [-0.4, -0.2) is 24.4 Å². The molecule has 1 aliphatic heterocycles. The summed E-state index contributed by atoms with van der Waals surface area (Å²) in [6.45, 7) is 3.38. The Kier molecular flexibility index (Phi) is 4.42. The molecular weight excluding hydrogens is 282 g/mol. The van der Waals surface area contributed by atoms with Gasteiger partial charge in [-0.1, -0.05) is 12.1 Å². The van der Waals surface area contributed by atoms with Crippen LogP contribution in [0.15, 0.2) is 22.7 Å². The van der Waals surface area contributed by atoms with Crippen molar-refractivity contribution in [2.24, 2.45) is 0 Å². The van der Waals surface area contributed by atoms with E-state index in [2.05, 4.69) is 27.3 Å². The summed E-state index contributed by atoms with van der Waals surface area (Å²) in [5.74, 6) is 0.952. The summed E-state index contributed by atoms with van der Waals surface area (Å²) in [5.41, 5.74) is 1.20. The molecule has 0 saturated carbocycles. The van der Waals surface area contributed by atoms with Crippen molar-refractivity contribution >= 4 is 15.9 Å². The van der Waals surface area contributed by atoms with E-state index in [4.69, 9.17) is 4.74 Å². The minimum atomic E-state index is -0.246. The number of nitrogens with one attached hydrogen (secondary N) is 1. The Labute approximate surface area is 110 Å². The van der Waals surface area contributed by atoms with Gasteiger partial charge >= 0.3 is 0 Å². The van der Waals surface area contributed by atoms with Gasteiger partial charge in [0.1, 0.15) is 5.75 Å². The molecule has 0 saturated heterocycles. The first-order valence-corrected chi connectivity index (χ1v) is 6.80. The second-order valence-electron chi connectivity index (χ2n) is 4.44. The van der Waals surface area contributed by atoms with Gasteiger partial charge < -0.3 is 15.2 Å². The minimum Gasteiger partial charge on any atom is -0.492 e. The maximum atomic E-state index is 9.25. The van der Waals surface area contributed by atoms with Crippen molar-refractivity contribution in [3.8, 4) is 5.75 Å². The summed E-state index contributed by atoms with van der Waals surface area (Å²) in [7, 11) is 0. The summed E-state index contributed by atoms with van der Waals surface area (Å²) in [6, 6.07) is 6.45. The second-order valence-corrected chi connectivity index (χ2v) is 5.29. The van der Waals surface area contributed by atoms with Gasteiger partial charge in [-0.15, -0.1) is 0 Å². The van der Waals surface area contributed by atoms with Crippen molar-refractivity contribution in [1.29, 1.82) is 0 Å². The van der Waals surface area contributed by atoms with Crippen molar-refractivity contribution in [2.75, 3.05) is 13.2 Å².